The van der Waals surface area contributed by atoms with Crippen LogP contribution in [0.2, 0.25) is 0 Å². The molecule has 100 valence electrons. The van der Waals surface area contributed by atoms with Crippen LogP contribution in [-0.4, -0.2) is 13.4 Å². The smallest absolute Gasteiger partial charge is 0.238 e. The van der Waals surface area contributed by atoms with Gasteiger partial charge >= 0.3 is 0 Å². The van der Waals surface area contributed by atoms with Crippen molar-refractivity contribution < 1.29 is 8.42 Å². The van der Waals surface area contributed by atoms with Crippen molar-refractivity contribution in [3.05, 3.63) is 41.0 Å². The molecule has 2 aromatic rings. The summed E-state index contributed by atoms with van der Waals surface area (Å²) in [5, 5.41) is 5.80. The number of hydrogen-bond acceptors (Lipinski definition) is 5. The molecule has 2 rings (SSSR count). The van der Waals surface area contributed by atoms with Crippen LogP contribution in [-0.2, 0) is 10.0 Å². The molecule has 0 radical (unpaired) electrons. The first-order valence-electron chi connectivity index (χ1n) is 5.08. The van der Waals surface area contributed by atoms with Crippen molar-refractivity contribution in [2.75, 3.05) is 5.73 Å². The fourth-order valence-electron chi connectivity index (χ4n) is 1.32. The molecule has 0 fully saturated rings. The highest BCUT2D eigenvalue weighted by Crippen LogP contribution is 2.32. The van der Waals surface area contributed by atoms with Crippen molar-refractivity contribution in [1.29, 1.82) is 0 Å². The second kappa shape index (κ2) is 5.49. The Morgan fingerprint density at radius 3 is 2.53 bits per heavy atom. The Morgan fingerprint density at radius 2 is 1.95 bits per heavy atom. The lowest BCUT2D eigenvalue weighted by atomic mass is 10.3. The van der Waals surface area contributed by atoms with Gasteiger partial charge < -0.3 is 5.73 Å². The van der Waals surface area contributed by atoms with Crippen LogP contribution in [0.15, 0.2) is 55.8 Å². The van der Waals surface area contributed by atoms with E-state index in [9.17, 15) is 8.42 Å². The molecule has 4 N–H and O–H groups in total. The van der Waals surface area contributed by atoms with Gasteiger partial charge in [0.15, 0.2) is 0 Å². The van der Waals surface area contributed by atoms with Crippen LogP contribution < -0.4 is 10.9 Å². The van der Waals surface area contributed by atoms with Crippen LogP contribution in [0.5, 0.6) is 0 Å². The number of primary sulfonamides is 1. The Labute approximate surface area is 123 Å². The predicted molar refractivity (Wildman–Crippen MR) is 78.3 cm³/mol. The van der Waals surface area contributed by atoms with E-state index in [0.717, 1.165) is 4.47 Å². The zero-order chi connectivity index (χ0) is 14.0. The minimum Gasteiger partial charge on any atom is -0.398 e. The lowest BCUT2D eigenvalue weighted by Gasteiger charge is -2.07. The van der Waals surface area contributed by atoms with Gasteiger partial charge in [0, 0.05) is 21.3 Å². The van der Waals surface area contributed by atoms with Crippen LogP contribution in [0, 0.1) is 0 Å². The fourth-order valence-corrected chi connectivity index (χ4v) is 3.00. The Balaban J connectivity index is 2.37. The second-order valence-corrected chi connectivity index (χ2v) is 7.20. The number of benzene rings is 1. The van der Waals surface area contributed by atoms with Crippen molar-refractivity contribution in [2.45, 2.75) is 14.8 Å². The topological polar surface area (TPSA) is 99.1 Å². The van der Waals surface area contributed by atoms with Gasteiger partial charge in [0.1, 0.15) is 5.03 Å². The van der Waals surface area contributed by atoms with Gasteiger partial charge in [-0.3, -0.25) is 0 Å². The lowest BCUT2D eigenvalue weighted by molar-refractivity contribution is 0.597. The number of sulfonamides is 1. The lowest BCUT2D eigenvalue weighted by Crippen LogP contribution is -2.12. The molecule has 0 bridgehead atoms. The van der Waals surface area contributed by atoms with Crippen molar-refractivity contribution in [3.8, 4) is 0 Å². The van der Waals surface area contributed by atoms with E-state index in [-0.39, 0.29) is 4.90 Å². The minimum absolute atomic E-state index is 0.0290. The maximum absolute atomic E-state index is 11.3. The number of nitrogens with zero attached hydrogens (tertiary/aromatic N) is 1. The molecular weight excluding hydrogens is 350 g/mol. The maximum atomic E-state index is 11.3. The second-order valence-electron chi connectivity index (χ2n) is 3.66. The minimum atomic E-state index is -3.74. The van der Waals surface area contributed by atoms with E-state index < -0.39 is 10.0 Å². The average molecular weight is 360 g/mol. The highest BCUT2D eigenvalue weighted by Gasteiger charge is 2.11. The highest BCUT2D eigenvalue weighted by atomic mass is 79.9. The molecule has 0 spiro atoms. The number of nitrogens with two attached hydrogens (primary N) is 2. The molecule has 19 heavy (non-hydrogen) atoms. The van der Waals surface area contributed by atoms with E-state index in [1.165, 1.54) is 30.0 Å². The molecule has 0 saturated heterocycles. The van der Waals surface area contributed by atoms with Crippen LogP contribution in [0.4, 0.5) is 5.69 Å². The Kier molecular flexibility index (Phi) is 4.14. The summed E-state index contributed by atoms with van der Waals surface area (Å²) >= 11 is 4.57. The number of anilines is 1. The fraction of sp³-hybridized carbons (Fsp3) is 0. The quantitative estimate of drug-likeness (QED) is 0.818. The van der Waals surface area contributed by atoms with Crippen molar-refractivity contribution >= 4 is 43.4 Å². The number of halogens is 1. The first kappa shape index (κ1) is 14.3. The van der Waals surface area contributed by atoms with Gasteiger partial charge in [-0.25, -0.2) is 18.5 Å². The molecule has 0 aliphatic carbocycles. The van der Waals surface area contributed by atoms with E-state index in [0.29, 0.717) is 15.6 Å². The molecule has 1 heterocycles. The van der Waals surface area contributed by atoms with Crippen LogP contribution >= 0.6 is 27.7 Å². The zero-order valence-corrected chi connectivity index (χ0v) is 12.8. The van der Waals surface area contributed by atoms with Crippen molar-refractivity contribution in [1.82, 2.24) is 4.98 Å². The van der Waals surface area contributed by atoms with E-state index in [1.54, 1.807) is 12.3 Å². The Morgan fingerprint density at radius 1 is 1.21 bits per heavy atom. The third-order valence-electron chi connectivity index (χ3n) is 2.23. The summed E-state index contributed by atoms with van der Waals surface area (Å²) in [5.74, 6) is 0. The summed E-state index contributed by atoms with van der Waals surface area (Å²) < 4.78 is 23.5. The molecule has 0 aliphatic heterocycles. The summed E-state index contributed by atoms with van der Waals surface area (Å²) in [6.07, 6.45) is 1.65. The van der Waals surface area contributed by atoms with Gasteiger partial charge in [0.05, 0.1) is 4.90 Å². The van der Waals surface area contributed by atoms with Crippen LogP contribution in [0.3, 0.4) is 0 Å². The molecule has 0 atom stereocenters. The molecule has 1 aromatic carbocycles. The van der Waals surface area contributed by atoms with Crippen molar-refractivity contribution in [2.24, 2.45) is 5.14 Å². The summed E-state index contributed by atoms with van der Waals surface area (Å²) in [7, 11) is -3.74. The number of rotatable bonds is 3. The van der Waals surface area contributed by atoms with Gasteiger partial charge in [0.25, 0.3) is 0 Å². The standard InChI is InChI=1S/C11H10BrN3O2S2/c12-7-1-4-11(15-6-7)18-10-5-8(19(14,16)17)2-3-9(10)13/h1-6H,13H2,(H2,14,16,17). The number of aromatic nitrogens is 1. The van der Waals surface area contributed by atoms with Gasteiger partial charge in [-0.2, -0.15) is 0 Å². The van der Waals surface area contributed by atoms with Gasteiger partial charge in [-0.05, 0) is 46.3 Å². The number of nitrogen functional groups attached to an aromatic ring is 1. The third-order valence-corrected chi connectivity index (χ3v) is 4.63. The predicted octanol–water partition coefficient (Wildman–Crippen LogP) is 2.22. The Bertz CT molecular complexity index is 702. The first-order chi connectivity index (χ1) is 8.86. The number of hydrogen-bond donors (Lipinski definition) is 2. The van der Waals surface area contributed by atoms with Gasteiger partial charge in [-0.15, -0.1) is 0 Å². The number of pyridine rings is 1. The van der Waals surface area contributed by atoms with E-state index >= 15 is 0 Å². The van der Waals surface area contributed by atoms with E-state index in [4.69, 9.17) is 10.9 Å². The summed E-state index contributed by atoms with van der Waals surface area (Å²) in [5.41, 5.74) is 6.29. The Hall–Kier alpha value is -1.09. The van der Waals surface area contributed by atoms with Gasteiger partial charge in [-0.1, -0.05) is 11.8 Å². The summed E-state index contributed by atoms with van der Waals surface area (Å²) in [6, 6.07) is 7.98. The van der Waals surface area contributed by atoms with E-state index in [2.05, 4.69) is 20.9 Å². The van der Waals surface area contributed by atoms with Crippen molar-refractivity contribution in [3.63, 3.8) is 0 Å². The molecule has 0 aliphatic rings. The molecule has 0 unspecified atom stereocenters. The summed E-state index contributed by atoms with van der Waals surface area (Å²) in [6.45, 7) is 0. The molecule has 8 heteroatoms. The first-order valence-corrected chi connectivity index (χ1v) is 8.23. The molecular formula is C11H10BrN3O2S2. The zero-order valence-electron chi connectivity index (χ0n) is 9.58. The van der Waals surface area contributed by atoms with Gasteiger partial charge in [0.2, 0.25) is 10.0 Å². The maximum Gasteiger partial charge on any atom is 0.238 e. The normalized spacial score (nSPS) is 11.5. The SMILES string of the molecule is Nc1ccc(S(N)(=O)=O)cc1Sc1ccc(Br)cn1. The molecule has 0 amide bonds. The van der Waals surface area contributed by atoms with E-state index in [1.807, 2.05) is 6.07 Å². The molecule has 1 aromatic heterocycles. The largest absolute Gasteiger partial charge is 0.398 e. The highest BCUT2D eigenvalue weighted by molar-refractivity contribution is 9.10. The summed E-state index contributed by atoms with van der Waals surface area (Å²) in [4.78, 5) is 4.81. The third kappa shape index (κ3) is 3.69. The van der Waals surface area contributed by atoms with Crippen LogP contribution in [0.1, 0.15) is 0 Å². The average Bonchev–Trinajstić information content (AvgIpc) is 2.33. The monoisotopic (exact) mass is 359 g/mol. The molecule has 0 saturated carbocycles. The van der Waals surface area contributed by atoms with Crippen LogP contribution in [0.25, 0.3) is 0 Å². The molecule has 5 nitrogen and oxygen atoms in total.